The van der Waals surface area contributed by atoms with Crippen molar-refractivity contribution < 1.29 is 9.47 Å². The first kappa shape index (κ1) is 14.0. The topological polar surface area (TPSA) is 25.1 Å². The molecule has 3 unspecified atom stereocenters. The quantitative estimate of drug-likeness (QED) is 0.628. The molecule has 3 atom stereocenters. The summed E-state index contributed by atoms with van der Waals surface area (Å²) in [5, 5.41) is 0. The van der Waals surface area contributed by atoms with E-state index in [4.69, 9.17) is 9.47 Å². The normalized spacial score (nSPS) is 38.8. The minimum Gasteiger partial charge on any atom is -0.358 e. The first-order valence-corrected chi connectivity index (χ1v) is 8.31. The zero-order chi connectivity index (χ0) is 12.6. The van der Waals surface area contributed by atoms with Crippen molar-refractivity contribution in [3.63, 3.8) is 0 Å². The minimum atomic E-state index is 0.0916. The molecule has 2 saturated heterocycles. The average molecular weight is 276 g/mol. The zero-order valence-corrected chi connectivity index (χ0v) is 13.0. The van der Waals surface area contributed by atoms with Gasteiger partial charge in [-0.15, -0.1) is 23.5 Å². The van der Waals surface area contributed by atoms with Crippen LogP contribution in [0.3, 0.4) is 0 Å². The Morgan fingerprint density at radius 2 is 1.76 bits per heavy atom. The summed E-state index contributed by atoms with van der Waals surface area (Å²) < 4.78 is 11.3. The van der Waals surface area contributed by atoms with Gasteiger partial charge in [-0.25, -0.2) is 0 Å². The Balaban J connectivity index is 1.85. The van der Waals surface area contributed by atoms with E-state index < -0.39 is 0 Å². The number of thioether (sulfide) groups is 2. The molecule has 2 rings (SSSR count). The second kappa shape index (κ2) is 4.95. The fraction of sp³-hybridized carbons (Fsp3) is 1.00. The second-order valence-electron chi connectivity index (χ2n) is 5.79. The second-order valence-corrected chi connectivity index (χ2v) is 9.28. The average Bonchev–Trinajstić information content (AvgIpc) is 3.16. The van der Waals surface area contributed by atoms with Gasteiger partial charge in [0.1, 0.15) is 9.87 Å². The molecule has 0 saturated carbocycles. The minimum absolute atomic E-state index is 0.0916. The van der Waals surface area contributed by atoms with Gasteiger partial charge in [0.15, 0.2) is 0 Å². The summed E-state index contributed by atoms with van der Waals surface area (Å²) in [6, 6.07) is 0. The van der Waals surface area contributed by atoms with Crippen LogP contribution in [-0.2, 0) is 9.47 Å². The van der Waals surface area contributed by atoms with Crippen LogP contribution in [0.2, 0.25) is 0 Å². The molecular weight excluding hydrogens is 252 g/mol. The fourth-order valence-electron chi connectivity index (χ4n) is 1.88. The van der Waals surface area contributed by atoms with E-state index in [1.54, 1.807) is 0 Å². The molecular formula is C13H24O2S2. The van der Waals surface area contributed by atoms with Crippen LogP contribution in [0.1, 0.15) is 47.0 Å². The maximum atomic E-state index is 5.54. The number of unbranched alkanes of at least 4 members (excludes halogenated alkanes) is 1. The van der Waals surface area contributed by atoms with Crippen LogP contribution in [0.4, 0.5) is 0 Å². The highest BCUT2D eigenvalue weighted by Crippen LogP contribution is 2.51. The van der Waals surface area contributed by atoms with Gasteiger partial charge in [0, 0.05) is 10.5 Å². The molecule has 0 N–H and O–H groups in total. The predicted molar refractivity (Wildman–Crippen MR) is 76.7 cm³/mol. The zero-order valence-electron chi connectivity index (χ0n) is 11.4. The van der Waals surface area contributed by atoms with Crippen molar-refractivity contribution >= 4 is 23.5 Å². The van der Waals surface area contributed by atoms with E-state index in [9.17, 15) is 0 Å². The maximum absolute atomic E-state index is 5.54. The van der Waals surface area contributed by atoms with Gasteiger partial charge >= 0.3 is 0 Å². The molecule has 0 spiro atoms. The molecule has 4 heteroatoms. The van der Waals surface area contributed by atoms with Gasteiger partial charge in [0.05, 0.1) is 13.2 Å². The molecule has 2 aliphatic heterocycles. The van der Waals surface area contributed by atoms with E-state index in [2.05, 4.69) is 27.7 Å². The first-order chi connectivity index (χ1) is 7.89. The number of rotatable bonds is 8. The Morgan fingerprint density at radius 3 is 2.24 bits per heavy atom. The van der Waals surface area contributed by atoms with Crippen molar-refractivity contribution in [3.05, 3.63) is 0 Å². The van der Waals surface area contributed by atoms with Crippen LogP contribution < -0.4 is 0 Å². The van der Waals surface area contributed by atoms with Crippen LogP contribution in [0.5, 0.6) is 0 Å². The van der Waals surface area contributed by atoms with Gasteiger partial charge in [-0.1, -0.05) is 19.8 Å². The van der Waals surface area contributed by atoms with Gasteiger partial charge in [0.2, 0.25) is 0 Å². The van der Waals surface area contributed by atoms with Gasteiger partial charge in [-0.05, 0) is 27.2 Å². The van der Waals surface area contributed by atoms with E-state index in [1.165, 1.54) is 19.3 Å². The van der Waals surface area contributed by atoms with E-state index >= 15 is 0 Å². The molecule has 0 aromatic rings. The highest BCUT2D eigenvalue weighted by molar-refractivity contribution is 8.05. The smallest absolute Gasteiger partial charge is 0.134 e. The number of hydrogen-bond acceptors (Lipinski definition) is 4. The molecule has 17 heavy (non-hydrogen) atoms. The molecule has 2 heterocycles. The van der Waals surface area contributed by atoms with E-state index in [1.807, 2.05) is 23.5 Å². The van der Waals surface area contributed by atoms with Crippen molar-refractivity contribution in [2.24, 2.45) is 0 Å². The van der Waals surface area contributed by atoms with Crippen LogP contribution >= 0.6 is 23.5 Å². The summed E-state index contributed by atoms with van der Waals surface area (Å²) in [5.74, 6) is 1.16. The first-order valence-electron chi connectivity index (χ1n) is 6.51. The predicted octanol–water partition coefficient (Wildman–Crippen LogP) is 3.89. The molecule has 0 bridgehead atoms. The lowest BCUT2D eigenvalue weighted by Crippen LogP contribution is -2.28. The van der Waals surface area contributed by atoms with Crippen molar-refractivity contribution in [2.45, 2.75) is 61.6 Å². The molecule has 0 aromatic carbocycles. The summed E-state index contributed by atoms with van der Waals surface area (Å²) in [5.41, 5.74) is 0. The van der Waals surface area contributed by atoms with E-state index in [-0.39, 0.29) is 9.87 Å². The molecule has 2 aliphatic rings. The van der Waals surface area contributed by atoms with Crippen molar-refractivity contribution in [1.82, 2.24) is 0 Å². The fourth-order valence-corrected chi connectivity index (χ4v) is 4.73. The Labute approximate surface area is 114 Å². The summed E-state index contributed by atoms with van der Waals surface area (Å²) >= 11 is 4.00. The summed E-state index contributed by atoms with van der Waals surface area (Å²) in [7, 11) is 0. The van der Waals surface area contributed by atoms with Crippen LogP contribution in [0, 0.1) is 0 Å². The van der Waals surface area contributed by atoms with Crippen LogP contribution in [0.25, 0.3) is 0 Å². The Kier molecular flexibility index (Phi) is 4.09. The largest absolute Gasteiger partial charge is 0.358 e. The molecule has 2 nitrogen and oxygen atoms in total. The SMILES string of the molecule is CCCCC(C)(CSC1(C)CO1)SC1(C)CO1. The lowest BCUT2D eigenvalue weighted by atomic mass is 10.1. The third-order valence-corrected chi connectivity index (χ3v) is 6.63. The molecule has 2 fully saturated rings. The monoisotopic (exact) mass is 276 g/mol. The molecule has 100 valence electrons. The van der Waals surface area contributed by atoms with Crippen molar-refractivity contribution in [1.29, 1.82) is 0 Å². The number of epoxide rings is 2. The molecule has 0 aromatic heterocycles. The third-order valence-electron chi connectivity index (χ3n) is 3.31. The standard InChI is InChI=1S/C13H24O2S2/c1-5-6-7-11(2,17-13(4)9-15-13)10-16-12(3)8-14-12/h5-10H2,1-4H3. The molecule has 0 radical (unpaired) electrons. The van der Waals surface area contributed by atoms with E-state index in [0.717, 1.165) is 19.0 Å². The van der Waals surface area contributed by atoms with Gasteiger partial charge in [0.25, 0.3) is 0 Å². The van der Waals surface area contributed by atoms with Gasteiger partial charge in [-0.3, -0.25) is 0 Å². The van der Waals surface area contributed by atoms with E-state index in [0.29, 0.717) is 4.75 Å². The Hall–Kier alpha value is 0.620. The Bertz CT molecular complexity index is 275. The summed E-state index contributed by atoms with van der Waals surface area (Å²) in [6.07, 6.45) is 3.85. The number of hydrogen-bond donors (Lipinski definition) is 0. The van der Waals surface area contributed by atoms with Crippen molar-refractivity contribution in [3.8, 4) is 0 Å². The lowest BCUT2D eigenvalue weighted by molar-refractivity contribution is 0.397. The van der Waals surface area contributed by atoms with Crippen molar-refractivity contribution in [2.75, 3.05) is 19.0 Å². The summed E-state index contributed by atoms with van der Waals surface area (Å²) in [6.45, 7) is 10.9. The molecule has 0 aliphatic carbocycles. The van der Waals surface area contributed by atoms with Crippen LogP contribution in [0.15, 0.2) is 0 Å². The van der Waals surface area contributed by atoms with Gasteiger partial charge < -0.3 is 9.47 Å². The van der Waals surface area contributed by atoms with Crippen LogP contribution in [-0.4, -0.2) is 33.6 Å². The highest BCUT2D eigenvalue weighted by Gasteiger charge is 2.48. The lowest BCUT2D eigenvalue weighted by Gasteiger charge is -2.31. The number of ether oxygens (including phenoxy) is 2. The molecule has 0 amide bonds. The summed E-state index contributed by atoms with van der Waals surface area (Å²) in [4.78, 5) is 0.202. The highest BCUT2D eigenvalue weighted by atomic mass is 32.2. The third kappa shape index (κ3) is 4.34. The maximum Gasteiger partial charge on any atom is 0.134 e. The van der Waals surface area contributed by atoms with Gasteiger partial charge in [-0.2, -0.15) is 0 Å². The Morgan fingerprint density at radius 1 is 1.18 bits per heavy atom.